The number of nitrogens with one attached hydrogen (secondary N) is 1. The van der Waals surface area contributed by atoms with Crippen LogP contribution in [-0.4, -0.2) is 29.2 Å². The Morgan fingerprint density at radius 2 is 2.10 bits per heavy atom. The van der Waals surface area contributed by atoms with E-state index in [9.17, 15) is 4.79 Å². The average molecular weight is 273 g/mol. The standard InChI is InChI=1S/C15H19N3O2/c1-11-4-6-12(7-5-11)14(17-13(19)10-20-3)15-16-8-9-18(15)2/h4-9,14H,10H2,1-3H3,(H,17,19). The Hall–Kier alpha value is -2.14. The molecule has 20 heavy (non-hydrogen) atoms. The molecule has 2 aromatic rings. The monoisotopic (exact) mass is 273 g/mol. The minimum atomic E-state index is -0.279. The summed E-state index contributed by atoms with van der Waals surface area (Å²) in [6.07, 6.45) is 3.58. The van der Waals surface area contributed by atoms with Crippen molar-refractivity contribution in [2.45, 2.75) is 13.0 Å². The van der Waals surface area contributed by atoms with E-state index in [4.69, 9.17) is 4.74 Å². The highest BCUT2D eigenvalue weighted by Gasteiger charge is 2.20. The van der Waals surface area contributed by atoms with Gasteiger partial charge >= 0.3 is 0 Å². The summed E-state index contributed by atoms with van der Waals surface area (Å²) in [5.74, 6) is 0.624. The molecule has 106 valence electrons. The first-order valence-corrected chi connectivity index (χ1v) is 6.44. The number of rotatable bonds is 5. The molecule has 0 bridgehead atoms. The molecule has 1 amide bonds. The highest BCUT2D eigenvalue weighted by atomic mass is 16.5. The second kappa shape index (κ2) is 6.34. The molecule has 0 spiro atoms. The van der Waals surface area contributed by atoms with Crippen molar-refractivity contribution >= 4 is 5.91 Å². The summed E-state index contributed by atoms with van der Waals surface area (Å²) >= 11 is 0. The summed E-state index contributed by atoms with van der Waals surface area (Å²) in [4.78, 5) is 16.2. The lowest BCUT2D eigenvalue weighted by molar-refractivity contribution is -0.125. The van der Waals surface area contributed by atoms with Crippen molar-refractivity contribution in [2.24, 2.45) is 7.05 Å². The number of carbonyl (C=O) groups excluding carboxylic acids is 1. The third-order valence-corrected chi connectivity index (χ3v) is 3.11. The lowest BCUT2D eigenvalue weighted by Crippen LogP contribution is -2.33. The Morgan fingerprint density at radius 3 is 2.65 bits per heavy atom. The number of nitrogens with zero attached hydrogens (tertiary/aromatic N) is 2. The molecule has 1 aromatic heterocycles. The fraction of sp³-hybridized carbons (Fsp3) is 0.333. The molecule has 1 unspecified atom stereocenters. The van der Waals surface area contributed by atoms with Crippen LogP contribution in [-0.2, 0) is 16.6 Å². The third kappa shape index (κ3) is 3.24. The summed E-state index contributed by atoms with van der Waals surface area (Å²) in [5, 5.41) is 2.95. The van der Waals surface area contributed by atoms with Crippen LogP contribution in [0.15, 0.2) is 36.7 Å². The summed E-state index contributed by atoms with van der Waals surface area (Å²) in [5.41, 5.74) is 2.17. The van der Waals surface area contributed by atoms with Gasteiger partial charge in [-0.25, -0.2) is 4.98 Å². The highest BCUT2D eigenvalue weighted by Crippen LogP contribution is 2.20. The number of benzene rings is 1. The quantitative estimate of drug-likeness (QED) is 0.900. The number of amides is 1. The Morgan fingerprint density at radius 1 is 1.40 bits per heavy atom. The van der Waals surface area contributed by atoms with Crippen molar-refractivity contribution in [3.63, 3.8) is 0 Å². The molecule has 1 N–H and O–H groups in total. The smallest absolute Gasteiger partial charge is 0.246 e. The lowest BCUT2D eigenvalue weighted by Gasteiger charge is -2.19. The molecule has 0 aliphatic heterocycles. The van der Waals surface area contributed by atoms with Gasteiger partial charge in [-0.3, -0.25) is 4.79 Å². The van der Waals surface area contributed by atoms with Crippen LogP contribution in [0.3, 0.4) is 0 Å². The van der Waals surface area contributed by atoms with E-state index >= 15 is 0 Å². The molecule has 1 heterocycles. The van der Waals surface area contributed by atoms with Crippen molar-refractivity contribution in [3.05, 3.63) is 53.6 Å². The van der Waals surface area contributed by atoms with E-state index in [1.165, 1.54) is 12.7 Å². The maximum atomic E-state index is 11.8. The summed E-state index contributed by atoms with van der Waals surface area (Å²) < 4.78 is 6.77. The second-order valence-electron chi connectivity index (χ2n) is 4.74. The summed E-state index contributed by atoms with van der Waals surface area (Å²) in [6, 6.07) is 7.77. The maximum Gasteiger partial charge on any atom is 0.246 e. The van der Waals surface area contributed by atoms with Gasteiger partial charge in [0.05, 0.1) is 0 Å². The molecule has 5 nitrogen and oxygen atoms in total. The fourth-order valence-electron chi connectivity index (χ4n) is 2.04. The highest BCUT2D eigenvalue weighted by molar-refractivity contribution is 5.78. The van der Waals surface area contributed by atoms with Gasteiger partial charge in [-0.2, -0.15) is 0 Å². The van der Waals surface area contributed by atoms with Gasteiger partial charge in [0.1, 0.15) is 18.5 Å². The molecule has 5 heteroatoms. The number of imidazole rings is 1. The lowest BCUT2D eigenvalue weighted by atomic mass is 10.0. The zero-order valence-electron chi connectivity index (χ0n) is 12.0. The van der Waals surface area contributed by atoms with Gasteiger partial charge in [0.2, 0.25) is 5.91 Å². The number of ether oxygens (including phenoxy) is 1. The van der Waals surface area contributed by atoms with Crippen LogP contribution in [0, 0.1) is 6.92 Å². The molecule has 1 aromatic carbocycles. The Balaban J connectivity index is 2.31. The van der Waals surface area contributed by atoms with Crippen molar-refractivity contribution in [3.8, 4) is 0 Å². The number of hydrogen-bond donors (Lipinski definition) is 1. The van der Waals surface area contributed by atoms with Crippen LogP contribution in [0.5, 0.6) is 0 Å². The van der Waals surface area contributed by atoms with Gasteiger partial charge in [-0.05, 0) is 12.5 Å². The van der Waals surface area contributed by atoms with E-state index in [-0.39, 0.29) is 18.6 Å². The van der Waals surface area contributed by atoms with Gasteiger partial charge in [-0.1, -0.05) is 29.8 Å². The molecule has 1 atom stereocenters. The predicted octanol–water partition coefficient (Wildman–Crippen LogP) is 1.58. The Kier molecular flexibility index (Phi) is 4.53. The number of aryl methyl sites for hydroxylation is 2. The van der Waals surface area contributed by atoms with E-state index < -0.39 is 0 Å². The van der Waals surface area contributed by atoms with Gasteiger partial charge in [0, 0.05) is 26.6 Å². The molecule has 0 radical (unpaired) electrons. The maximum absolute atomic E-state index is 11.8. The molecule has 0 saturated heterocycles. The minimum absolute atomic E-state index is 0.0345. The molecule has 0 saturated carbocycles. The average Bonchev–Trinajstić information content (AvgIpc) is 2.84. The molecular weight excluding hydrogens is 254 g/mol. The van der Waals surface area contributed by atoms with Crippen LogP contribution in [0.1, 0.15) is 23.0 Å². The van der Waals surface area contributed by atoms with E-state index in [2.05, 4.69) is 10.3 Å². The molecular formula is C15H19N3O2. The van der Waals surface area contributed by atoms with Gasteiger partial charge in [0.15, 0.2) is 0 Å². The third-order valence-electron chi connectivity index (χ3n) is 3.11. The second-order valence-corrected chi connectivity index (χ2v) is 4.74. The Labute approximate surface area is 118 Å². The number of hydrogen-bond acceptors (Lipinski definition) is 3. The number of carbonyl (C=O) groups is 1. The fourth-order valence-corrected chi connectivity index (χ4v) is 2.04. The summed E-state index contributed by atoms with van der Waals surface area (Å²) in [7, 11) is 3.41. The predicted molar refractivity (Wildman–Crippen MR) is 76.2 cm³/mol. The van der Waals surface area contributed by atoms with Crippen LogP contribution in [0.4, 0.5) is 0 Å². The first kappa shape index (κ1) is 14.3. The number of methoxy groups -OCH3 is 1. The van der Waals surface area contributed by atoms with E-state index in [0.717, 1.165) is 11.4 Å². The van der Waals surface area contributed by atoms with E-state index in [1.807, 2.05) is 49.0 Å². The SMILES string of the molecule is COCC(=O)NC(c1ccc(C)cc1)c1nccn1C. The van der Waals surface area contributed by atoms with Crippen LogP contribution >= 0.6 is 0 Å². The molecule has 0 fully saturated rings. The Bertz CT molecular complexity index is 575. The van der Waals surface area contributed by atoms with Gasteiger partial charge in [-0.15, -0.1) is 0 Å². The van der Waals surface area contributed by atoms with Gasteiger partial charge in [0.25, 0.3) is 0 Å². The zero-order chi connectivity index (χ0) is 14.5. The summed E-state index contributed by atoms with van der Waals surface area (Å²) in [6.45, 7) is 2.07. The molecule has 0 aliphatic rings. The van der Waals surface area contributed by atoms with Crippen molar-refractivity contribution in [2.75, 3.05) is 13.7 Å². The van der Waals surface area contributed by atoms with Gasteiger partial charge < -0.3 is 14.6 Å². The first-order valence-electron chi connectivity index (χ1n) is 6.44. The first-order chi connectivity index (χ1) is 9.61. The van der Waals surface area contributed by atoms with Crippen LogP contribution < -0.4 is 5.32 Å². The van der Waals surface area contributed by atoms with E-state index in [0.29, 0.717) is 0 Å². The number of aromatic nitrogens is 2. The van der Waals surface area contributed by atoms with Crippen LogP contribution in [0.2, 0.25) is 0 Å². The molecule has 0 aliphatic carbocycles. The van der Waals surface area contributed by atoms with Crippen molar-refractivity contribution < 1.29 is 9.53 Å². The van der Waals surface area contributed by atoms with Crippen molar-refractivity contribution in [1.82, 2.24) is 14.9 Å². The normalized spacial score (nSPS) is 12.2. The minimum Gasteiger partial charge on any atom is -0.375 e. The molecule has 2 rings (SSSR count). The zero-order valence-corrected chi connectivity index (χ0v) is 12.0. The largest absolute Gasteiger partial charge is 0.375 e. The van der Waals surface area contributed by atoms with Crippen molar-refractivity contribution in [1.29, 1.82) is 0 Å². The van der Waals surface area contributed by atoms with Crippen LogP contribution in [0.25, 0.3) is 0 Å². The van der Waals surface area contributed by atoms with E-state index in [1.54, 1.807) is 6.20 Å². The topological polar surface area (TPSA) is 56.1 Å².